The van der Waals surface area contributed by atoms with Gasteiger partial charge in [0.05, 0.1) is 12.3 Å². The number of nitrogen functional groups attached to an aromatic ring is 1. The molecule has 1 aromatic heterocycles. The fourth-order valence-electron chi connectivity index (χ4n) is 1.74. The first-order chi connectivity index (χ1) is 9.63. The van der Waals surface area contributed by atoms with Gasteiger partial charge in [0, 0.05) is 11.8 Å². The normalized spacial score (nSPS) is 9.85. The minimum absolute atomic E-state index is 0.254. The van der Waals surface area contributed by atoms with Crippen molar-refractivity contribution in [2.45, 2.75) is 13.8 Å². The highest BCUT2D eigenvalue weighted by Crippen LogP contribution is 2.26. The standard InChI is InChI=1S/C15H16N4O/c1-3-20-15-12(9-16)13(17)8-14(19-15)18-11-6-4-10(2)5-7-11/h4-8H,3H2,1-2H3,(H3,17,18,19). The third kappa shape index (κ3) is 2.98. The number of rotatable bonds is 4. The number of anilines is 3. The summed E-state index contributed by atoms with van der Waals surface area (Å²) in [4.78, 5) is 4.28. The van der Waals surface area contributed by atoms with Gasteiger partial charge < -0.3 is 15.8 Å². The topological polar surface area (TPSA) is 84.0 Å². The maximum atomic E-state index is 9.07. The Balaban J connectivity index is 2.33. The van der Waals surface area contributed by atoms with E-state index in [1.807, 2.05) is 44.2 Å². The molecule has 0 bridgehead atoms. The van der Waals surface area contributed by atoms with E-state index in [4.69, 9.17) is 15.7 Å². The lowest BCUT2D eigenvalue weighted by Gasteiger charge is -2.11. The molecule has 5 heteroatoms. The van der Waals surface area contributed by atoms with Crippen LogP contribution in [0, 0.1) is 18.3 Å². The van der Waals surface area contributed by atoms with Crippen molar-refractivity contribution >= 4 is 17.2 Å². The van der Waals surface area contributed by atoms with Crippen molar-refractivity contribution in [2.24, 2.45) is 0 Å². The highest BCUT2D eigenvalue weighted by Gasteiger charge is 2.11. The van der Waals surface area contributed by atoms with Crippen LogP contribution in [-0.4, -0.2) is 11.6 Å². The molecule has 2 aromatic rings. The molecule has 0 saturated heterocycles. The van der Waals surface area contributed by atoms with E-state index < -0.39 is 0 Å². The van der Waals surface area contributed by atoms with E-state index in [0.29, 0.717) is 18.1 Å². The summed E-state index contributed by atoms with van der Waals surface area (Å²) in [7, 11) is 0. The highest BCUT2D eigenvalue weighted by molar-refractivity contribution is 5.67. The van der Waals surface area contributed by atoms with Gasteiger partial charge in [-0.05, 0) is 26.0 Å². The number of nitrogens with zero attached hydrogens (tertiary/aromatic N) is 2. The molecule has 2 rings (SSSR count). The first kappa shape index (κ1) is 13.7. The SMILES string of the molecule is CCOc1nc(Nc2ccc(C)cc2)cc(N)c1C#N. The summed E-state index contributed by atoms with van der Waals surface area (Å²) in [6.45, 7) is 4.28. The summed E-state index contributed by atoms with van der Waals surface area (Å²) in [6, 6.07) is 11.5. The summed E-state index contributed by atoms with van der Waals surface area (Å²) in [5, 5.41) is 12.2. The molecule has 0 aliphatic heterocycles. The van der Waals surface area contributed by atoms with Gasteiger partial charge >= 0.3 is 0 Å². The van der Waals surface area contributed by atoms with Crippen LogP contribution >= 0.6 is 0 Å². The second-order valence-corrected chi connectivity index (χ2v) is 4.31. The Labute approximate surface area is 118 Å². The van der Waals surface area contributed by atoms with E-state index in [9.17, 15) is 0 Å². The van der Waals surface area contributed by atoms with Gasteiger partial charge in [-0.3, -0.25) is 0 Å². The molecular formula is C15H16N4O. The molecule has 0 fully saturated rings. The number of pyridine rings is 1. The maximum Gasteiger partial charge on any atom is 0.235 e. The number of nitrogens with one attached hydrogen (secondary N) is 1. The van der Waals surface area contributed by atoms with Gasteiger partial charge in [0.15, 0.2) is 0 Å². The molecular weight excluding hydrogens is 252 g/mol. The largest absolute Gasteiger partial charge is 0.477 e. The Morgan fingerprint density at radius 1 is 1.35 bits per heavy atom. The second kappa shape index (κ2) is 5.93. The Morgan fingerprint density at radius 3 is 2.65 bits per heavy atom. The zero-order valence-corrected chi connectivity index (χ0v) is 11.5. The van der Waals surface area contributed by atoms with Crippen molar-refractivity contribution < 1.29 is 4.74 Å². The smallest absolute Gasteiger partial charge is 0.235 e. The van der Waals surface area contributed by atoms with Crippen molar-refractivity contribution in [3.8, 4) is 11.9 Å². The molecule has 102 valence electrons. The molecule has 0 amide bonds. The lowest BCUT2D eigenvalue weighted by atomic mass is 10.2. The van der Waals surface area contributed by atoms with Gasteiger partial charge in [-0.15, -0.1) is 0 Å². The first-order valence-electron chi connectivity index (χ1n) is 6.31. The van der Waals surface area contributed by atoms with Crippen molar-refractivity contribution in [1.29, 1.82) is 5.26 Å². The molecule has 5 nitrogen and oxygen atoms in total. The van der Waals surface area contributed by atoms with Crippen molar-refractivity contribution in [1.82, 2.24) is 4.98 Å². The van der Waals surface area contributed by atoms with Crippen LogP contribution in [0.3, 0.4) is 0 Å². The zero-order chi connectivity index (χ0) is 14.5. The number of aromatic nitrogens is 1. The highest BCUT2D eigenvalue weighted by atomic mass is 16.5. The molecule has 0 atom stereocenters. The molecule has 0 aliphatic carbocycles. The van der Waals surface area contributed by atoms with Crippen LogP contribution in [0.5, 0.6) is 5.88 Å². The van der Waals surface area contributed by atoms with E-state index in [-0.39, 0.29) is 11.4 Å². The zero-order valence-electron chi connectivity index (χ0n) is 11.5. The molecule has 0 unspecified atom stereocenters. The van der Waals surface area contributed by atoms with E-state index in [2.05, 4.69) is 10.3 Å². The van der Waals surface area contributed by atoms with Gasteiger partial charge in [0.2, 0.25) is 5.88 Å². The van der Waals surface area contributed by atoms with Crippen LogP contribution in [-0.2, 0) is 0 Å². The minimum atomic E-state index is 0.254. The minimum Gasteiger partial charge on any atom is -0.477 e. The van der Waals surface area contributed by atoms with Crippen LogP contribution in [0.1, 0.15) is 18.1 Å². The number of hydrogen-bond acceptors (Lipinski definition) is 5. The fraction of sp³-hybridized carbons (Fsp3) is 0.200. The third-order valence-electron chi connectivity index (χ3n) is 2.73. The number of ether oxygens (including phenoxy) is 1. The molecule has 3 N–H and O–H groups in total. The number of benzene rings is 1. The first-order valence-corrected chi connectivity index (χ1v) is 6.31. The molecule has 1 aromatic carbocycles. The Morgan fingerprint density at radius 2 is 2.05 bits per heavy atom. The summed E-state index contributed by atoms with van der Waals surface area (Å²) in [5.41, 5.74) is 8.55. The number of hydrogen-bond donors (Lipinski definition) is 2. The average molecular weight is 268 g/mol. The number of aryl methyl sites for hydroxylation is 1. The molecule has 0 saturated carbocycles. The quantitative estimate of drug-likeness (QED) is 0.890. The van der Waals surface area contributed by atoms with Gasteiger partial charge in [-0.2, -0.15) is 10.2 Å². The molecule has 1 heterocycles. The van der Waals surface area contributed by atoms with Gasteiger partial charge in [0.25, 0.3) is 0 Å². The molecule has 20 heavy (non-hydrogen) atoms. The van der Waals surface area contributed by atoms with E-state index in [0.717, 1.165) is 5.69 Å². The summed E-state index contributed by atoms with van der Waals surface area (Å²) in [5.74, 6) is 0.804. The van der Waals surface area contributed by atoms with E-state index in [1.54, 1.807) is 6.07 Å². The lowest BCUT2D eigenvalue weighted by Crippen LogP contribution is -2.04. The van der Waals surface area contributed by atoms with Crippen LogP contribution in [0.15, 0.2) is 30.3 Å². The predicted octanol–water partition coefficient (Wildman–Crippen LogP) is 2.99. The number of nitrogens with two attached hydrogens (primary N) is 1. The van der Waals surface area contributed by atoms with Crippen molar-refractivity contribution in [2.75, 3.05) is 17.7 Å². The maximum absolute atomic E-state index is 9.07. The Kier molecular flexibility index (Phi) is 4.06. The number of nitriles is 1. The van der Waals surface area contributed by atoms with Crippen LogP contribution in [0.2, 0.25) is 0 Å². The fourth-order valence-corrected chi connectivity index (χ4v) is 1.74. The van der Waals surface area contributed by atoms with E-state index in [1.165, 1.54) is 5.56 Å². The third-order valence-corrected chi connectivity index (χ3v) is 2.73. The van der Waals surface area contributed by atoms with Gasteiger partial charge in [0.1, 0.15) is 17.5 Å². The van der Waals surface area contributed by atoms with Crippen LogP contribution < -0.4 is 15.8 Å². The predicted molar refractivity (Wildman–Crippen MR) is 79.0 cm³/mol. The van der Waals surface area contributed by atoms with Crippen molar-refractivity contribution in [3.63, 3.8) is 0 Å². The van der Waals surface area contributed by atoms with E-state index >= 15 is 0 Å². The molecule has 0 aliphatic rings. The van der Waals surface area contributed by atoms with Crippen LogP contribution in [0.25, 0.3) is 0 Å². The van der Waals surface area contributed by atoms with Crippen LogP contribution in [0.4, 0.5) is 17.2 Å². The lowest BCUT2D eigenvalue weighted by molar-refractivity contribution is 0.326. The monoisotopic (exact) mass is 268 g/mol. The molecule has 0 radical (unpaired) electrons. The second-order valence-electron chi connectivity index (χ2n) is 4.31. The summed E-state index contributed by atoms with van der Waals surface area (Å²) in [6.07, 6.45) is 0. The summed E-state index contributed by atoms with van der Waals surface area (Å²) < 4.78 is 5.35. The van der Waals surface area contributed by atoms with Crippen molar-refractivity contribution in [3.05, 3.63) is 41.5 Å². The Hall–Kier alpha value is -2.74. The summed E-state index contributed by atoms with van der Waals surface area (Å²) >= 11 is 0. The van der Waals surface area contributed by atoms with Gasteiger partial charge in [-0.25, -0.2) is 0 Å². The average Bonchev–Trinajstić information content (AvgIpc) is 2.42. The molecule has 0 spiro atoms. The Bertz CT molecular complexity index is 644. The van der Waals surface area contributed by atoms with Gasteiger partial charge in [-0.1, -0.05) is 17.7 Å².